The zero-order chi connectivity index (χ0) is 18.7. The number of hydrogen-bond acceptors (Lipinski definition) is 4. The maximum atomic E-state index is 12.5. The number of amides is 2. The van der Waals surface area contributed by atoms with Gasteiger partial charge in [-0.1, -0.05) is 48.3 Å². The van der Waals surface area contributed by atoms with Gasteiger partial charge in [0.05, 0.1) is 4.83 Å². The van der Waals surface area contributed by atoms with Gasteiger partial charge < -0.3 is 10.6 Å². The average molecular weight is 423 g/mol. The first-order valence-electron chi connectivity index (χ1n) is 9.28. The second-order valence-electron chi connectivity index (χ2n) is 7.52. The van der Waals surface area contributed by atoms with E-state index in [-0.39, 0.29) is 34.6 Å². The van der Waals surface area contributed by atoms with E-state index >= 15 is 0 Å². The summed E-state index contributed by atoms with van der Waals surface area (Å²) in [6.45, 7) is 4.67. The van der Waals surface area contributed by atoms with Crippen molar-refractivity contribution < 1.29 is 9.59 Å². The molecule has 1 heterocycles. The lowest BCUT2D eigenvalue weighted by molar-refractivity contribution is -0.123. The lowest BCUT2D eigenvalue weighted by Crippen LogP contribution is -2.45. The smallest absolute Gasteiger partial charge is 0.239 e. The molecule has 142 valence electrons. The van der Waals surface area contributed by atoms with E-state index in [0.717, 1.165) is 30.5 Å². The van der Waals surface area contributed by atoms with E-state index in [9.17, 15) is 9.59 Å². The topological polar surface area (TPSA) is 82.3 Å². The predicted octanol–water partition coefficient (Wildman–Crippen LogP) is 2.31. The van der Waals surface area contributed by atoms with Crippen LogP contribution >= 0.6 is 15.9 Å². The zero-order valence-corrected chi connectivity index (χ0v) is 16.8. The SMILES string of the molecule is CC(C)C1NNC(C(=O)NCc2cccc(NC(=O)C3CCC3)c2)C1Br. The number of nitrogens with one attached hydrogen (secondary N) is 4. The normalized spacial score (nSPS) is 25.8. The van der Waals surface area contributed by atoms with Gasteiger partial charge in [0.2, 0.25) is 11.8 Å². The number of hydrazine groups is 1. The number of halogens is 1. The van der Waals surface area contributed by atoms with Crippen LogP contribution in [-0.4, -0.2) is 28.7 Å². The molecular weight excluding hydrogens is 396 g/mol. The van der Waals surface area contributed by atoms with Crippen molar-refractivity contribution >= 4 is 33.4 Å². The third-order valence-electron chi connectivity index (χ3n) is 5.20. The monoisotopic (exact) mass is 422 g/mol. The summed E-state index contributed by atoms with van der Waals surface area (Å²) in [5.74, 6) is 0.622. The van der Waals surface area contributed by atoms with E-state index in [1.54, 1.807) is 0 Å². The van der Waals surface area contributed by atoms with E-state index < -0.39 is 0 Å². The molecule has 0 spiro atoms. The first-order chi connectivity index (χ1) is 12.5. The fourth-order valence-corrected chi connectivity index (χ4v) is 4.38. The van der Waals surface area contributed by atoms with Gasteiger partial charge in [-0.3, -0.25) is 15.0 Å². The van der Waals surface area contributed by atoms with E-state index in [1.807, 2.05) is 24.3 Å². The Labute approximate surface area is 163 Å². The molecule has 2 fully saturated rings. The first-order valence-corrected chi connectivity index (χ1v) is 10.2. The van der Waals surface area contributed by atoms with Crippen LogP contribution in [0.2, 0.25) is 0 Å². The van der Waals surface area contributed by atoms with Crippen molar-refractivity contribution in [2.45, 2.75) is 56.6 Å². The molecule has 1 aliphatic heterocycles. The summed E-state index contributed by atoms with van der Waals surface area (Å²) in [6, 6.07) is 7.53. The first kappa shape index (κ1) is 19.3. The minimum absolute atomic E-state index is 0.0376. The van der Waals surface area contributed by atoms with E-state index in [4.69, 9.17) is 0 Å². The maximum absolute atomic E-state index is 12.5. The highest BCUT2D eigenvalue weighted by Crippen LogP contribution is 2.27. The van der Waals surface area contributed by atoms with E-state index in [1.165, 1.54) is 0 Å². The summed E-state index contributed by atoms with van der Waals surface area (Å²) in [6.07, 6.45) is 3.10. The van der Waals surface area contributed by atoms with Gasteiger partial charge in [-0.25, -0.2) is 5.43 Å². The minimum Gasteiger partial charge on any atom is -0.351 e. The molecule has 3 atom stereocenters. The molecule has 3 rings (SSSR count). The molecule has 0 aromatic heterocycles. The van der Waals surface area contributed by atoms with Crippen LogP contribution in [0.1, 0.15) is 38.7 Å². The third-order valence-corrected chi connectivity index (χ3v) is 6.30. The quantitative estimate of drug-likeness (QED) is 0.530. The van der Waals surface area contributed by atoms with Crippen LogP contribution in [0.25, 0.3) is 0 Å². The van der Waals surface area contributed by atoms with Gasteiger partial charge in [0.15, 0.2) is 0 Å². The van der Waals surface area contributed by atoms with Crippen molar-refractivity contribution in [2.24, 2.45) is 11.8 Å². The average Bonchev–Trinajstić information content (AvgIpc) is 2.93. The molecule has 0 radical (unpaired) electrons. The highest BCUT2D eigenvalue weighted by Gasteiger charge is 2.39. The molecule has 2 aliphatic rings. The molecule has 6 nitrogen and oxygen atoms in total. The summed E-state index contributed by atoms with van der Waals surface area (Å²) in [4.78, 5) is 24.6. The zero-order valence-electron chi connectivity index (χ0n) is 15.2. The van der Waals surface area contributed by atoms with Crippen molar-refractivity contribution in [1.82, 2.24) is 16.2 Å². The van der Waals surface area contributed by atoms with Crippen LogP contribution < -0.4 is 21.5 Å². The number of rotatable bonds is 6. The Bertz CT molecular complexity index is 663. The number of anilines is 1. The number of benzene rings is 1. The molecule has 1 aromatic rings. The summed E-state index contributed by atoms with van der Waals surface area (Å²) in [7, 11) is 0. The molecule has 0 bridgehead atoms. The molecule has 3 unspecified atom stereocenters. The number of carbonyl (C=O) groups excluding carboxylic acids is 2. The Kier molecular flexibility index (Phi) is 6.32. The molecule has 26 heavy (non-hydrogen) atoms. The van der Waals surface area contributed by atoms with Crippen LogP contribution in [0, 0.1) is 11.8 Å². The van der Waals surface area contributed by atoms with Crippen LogP contribution in [-0.2, 0) is 16.1 Å². The van der Waals surface area contributed by atoms with Crippen molar-refractivity contribution in [3.05, 3.63) is 29.8 Å². The van der Waals surface area contributed by atoms with E-state index in [0.29, 0.717) is 12.5 Å². The summed E-state index contributed by atoms with van der Waals surface area (Å²) >= 11 is 3.63. The lowest BCUT2D eigenvalue weighted by atomic mass is 9.85. The molecular formula is C19H27BrN4O2. The summed E-state index contributed by atoms with van der Waals surface area (Å²) in [5, 5.41) is 5.94. The highest BCUT2D eigenvalue weighted by molar-refractivity contribution is 9.09. The molecule has 1 aromatic carbocycles. The number of alkyl halides is 1. The highest BCUT2D eigenvalue weighted by atomic mass is 79.9. The van der Waals surface area contributed by atoms with Gasteiger partial charge in [-0.05, 0) is 36.5 Å². The summed E-state index contributed by atoms with van der Waals surface area (Å²) in [5.41, 5.74) is 8.00. The Morgan fingerprint density at radius 2 is 2.00 bits per heavy atom. The molecule has 2 amide bonds. The number of carbonyl (C=O) groups is 2. The van der Waals surface area contributed by atoms with Gasteiger partial charge in [0.1, 0.15) is 6.04 Å². The van der Waals surface area contributed by atoms with Gasteiger partial charge in [0.25, 0.3) is 0 Å². The minimum atomic E-state index is -0.316. The van der Waals surface area contributed by atoms with Gasteiger partial charge >= 0.3 is 0 Å². The van der Waals surface area contributed by atoms with Crippen LogP contribution in [0.3, 0.4) is 0 Å². The summed E-state index contributed by atoms with van der Waals surface area (Å²) < 4.78 is 0. The Hall–Kier alpha value is -1.44. The second kappa shape index (κ2) is 8.50. The van der Waals surface area contributed by atoms with E-state index in [2.05, 4.69) is 51.3 Å². The molecule has 1 saturated carbocycles. The standard InChI is InChI=1S/C19H27BrN4O2/c1-11(2)16-15(20)17(24-23-16)19(26)21-10-12-5-3-8-14(9-12)22-18(25)13-6-4-7-13/h3,5,8-9,11,13,15-17,23-24H,4,6-7,10H2,1-2H3,(H,21,26)(H,22,25). The van der Waals surface area contributed by atoms with Gasteiger partial charge in [-0.2, -0.15) is 0 Å². The molecule has 1 saturated heterocycles. The fraction of sp³-hybridized carbons (Fsp3) is 0.579. The van der Waals surface area contributed by atoms with Crippen LogP contribution in [0.5, 0.6) is 0 Å². The van der Waals surface area contributed by atoms with Gasteiger partial charge in [-0.15, -0.1) is 0 Å². The Morgan fingerprint density at radius 3 is 2.62 bits per heavy atom. The largest absolute Gasteiger partial charge is 0.351 e. The predicted molar refractivity (Wildman–Crippen MR) is 106 cm³/mol. The molecule has 7 heteroatoms. The van der Waals surface area contributed by atoms with Crippen molar-refractivity contribution in [3.8, 4) is 0 Å². The maximum Gasteiger partial charge on any atom is 0.239 e. The molecule has 4 N–H and O–H groups in total. The molecule has 1 aliphatic carbocycles. The lowest BCUT2D eigenvalue weighted by Gasteiger charge is -2.24. The number of hydrogen-bond donors (Lipinski definition) is 4. The van der Waals surface area contributed by atoms with Crippen molar-refractivity contribution in [3.63, 3.8) is 0 Å². The van der Waals surface area contributed by atoms with Crippen molar-refractivity contribution in [1.29, 1.82) is 0 Å². The van der Waals surface area contributed by atoms with Crippen LogP contribution in [0.4, 0.5) is 5.69 Å². The Balaban J connectivity index is 1.52. The van der Waals surface area contributed by atoms with Gasteiger partial charge in [0, 0.05) is 24.2 Å². The van der Waals surface area contributed by atoms with Crippen LogP contribution in [0.15, 0.2) is 24.3 Å². The second-order valence-corrected chi connectivity index (χ2v) is 8.57. The Morgan fingerprint density at radius 1 is 1.23 bits per heavy atom. The fourth-order valence-electron chi connectivity index (χ4n) is 3.27. The third kappa shape index (κ3) is 4.45. The van der Waals surface area contributed by atoms with Crippen molar-refractivity contribution in [2.75, 3.05) is 5.32 Å².